The molecule has 0 spiro atoms. The maximum atomic E-state index is 13.4. The number of benzene rings is 4. The van der Waals surface area contributed by atoms with Gasteiger partial charge in [-0.1, -0.05) is 24.3 Å². The summed E-state index contributed by atoms with van der Waals surface area (Å²) in [4.78, 5) is 26.2. The first-order valence-corrected chi connectivity index (χ1v) is 14.0. The van der Waals surface area contributed by atoms with E-state index in [1.165, 1.54) is 36.4 Å². The molecule has 219 valence electrons. The minimum atomic E-state index is -1.15. The van der Waals surface area contributed by atoms with Gasteiger partial charge in [0, 0.05) is 37.0 Å². The van der Waals surface area contributed by atoms with E-state index in [9.17, 15) is 23.5 Å². The Kier molecular flexibility index (Phi) is 7.58. The van der Waals surface area contributed by atoms with Crippen molar-refractivity contribution >= 4 is 18.0 Å². The molecule has 2 N–H and O–H groups in total. The molecule has 0 bridgehead atoms. The number of piperidine rings is 1. The highest BCUT2D eigenvalue weighted by Gasteiger charge is 2.45. The molecule has 2 amide bonds. The Balaban J connectivity index is 1.18. The Bertz CT molecular complexity index is 1610. The normalized spacial score (nSPS) is 16.7. The van der Waals surface area contributed by atoms with E-state index in [0.717, 1.165) is 18.4 Å². The van der Waals surface area contributed by atoms with Crippen molar-refractivity contribution < 1.29 is 33.0 Å². The van der Waals surface area contributed by atoms with Crippen LogP contribution in [0.25, 0.3) is 0 Å². The van der Waals surface area contributed by atoms with Gasteiger partial charge in [-0.2, -0.15) is 0 Å². The van der Waals surface area contributed by atoms with E-state index in [1.807, 2.05) is 12.1 Å². The summed E-state index contributed by atoms with van der Waals surface area (Å²) in [6.07, 6.45) is 4.30. The second-order valence-corrected chi connectivity index (χ2v) is 11.0. The fourth-order valence-electron chi connectivity index (χ4n) is 5.28. The Morgan fingerprint density at radius 1 is 0.721 bits per heavy atom. The number of aliphatic hydroxyl groups is 1. The summed E-state index contributed by atoms with van der Waals surface area (Å²) in [6.45, 7) is 0.585. The first kappa shape index (κ1) is 28.4. The summed E-state index contributed by atoms with van der Waals surface area (Å²) in [7, 11) is 0. The maximum Gasteiger partial charge on any atom is 0.321 e. The lowest BCUT2D eigenvalue weighted by atomic mass is 9.84. The molecule has 1 radical (unpaired) electrons. The molecule has 2 fully saturated rings. The minimum absolute atomic E-state index is 0.293. The molecule has 9 heteroatoms. The highest BCUT2D eigenvalue weighted by molar-refractivity contribution is 5.90. The Labute approximate surface area is 247 Å². The van der Waals surface area contributed by atoms with Crippen LogP contribution in [0.1, 0.15) is 36.8 Å². The highest BCUT2D eigenvalue weighted by Crippen LogP contribution is 2.46. The van der Waals surface area contributed by atoms with E-state index in [4.69, 9.17) is 9.47 Å². The molecule has 43 heavy (non-hydrogen) atoms. The topological polar surface area (TPSA) is 88.1 Å². The zero-order valence-electron chi connectivity index (χ0n) is 23.2. The van der Waals surface area contributed by atoms with Gasteiger partial charge >= 0.3 is 6.03 Å². The van der Waals surface area contributed by atoms with Crippen molar-refractivity contribution in [3.05, 3.63) is 114 Å². The molecule has 1 heterocycles. The van der Waals surface area contributed by atoms with Gasteiger partial charge in [0.1, 0.15) is 34.6 Å². The maximum absolute atomic E-state index is 13.4. The fourth-order valence-corrected chi connectivity index (χ4v) is 5.28. The van der Waals surface area contributed by atoms with Gasteiger partial charge in [-0.15, -0.1) is 0 Å². The Hall–Kier alpha value is -4.76. The number of amides is 2. The lowest BCUT2D eigenvalue weighted by Crippen LogP contribution is -2.46. The average molecular weight is 584 g/mol. The van der Waals surface area contributed by atoms with Gasteiger partial charge in [0.2, 0.25) is 6.29 Å². The van der Waals surface area contributed by atoms with Crippen LogP contribution in [-0.2, 0) is 15.8 Å². The first-order chi connectivity index (χ1) is 20.7. The number of ether oxygens (including phenoxy) is 2. The van der Waals surface area contributed by atoms with Crippen LogP contribution in [0.4, 0.5) is 19.3 Å². The monoisotopic (exact) mass is 583 g/mol. The highest BCUT2D eigenvalue weighted by atomic mass is 19.1. The molecule has 4 aromatic carbocycles. The number of nitrogens with zero attached hydrogens (tertiary/aromatic N) is 1. The van der Waals surface area contributed by atoms with Crippen LogP contribution in [0.3, 0.4) is 0 Å². The van der Waals surface area contributed by atoms with Crippen LogP contribution in [0, 0.1) is 11.6 Å². The molecule has 0 atom stereocenters. The molecule has 2 aliphatic rings. The van der Waals surface area contributed by atoms with Crippen molar-refractivity contribution in [2.45, 2.75) is 36.7 Å². The smallest absolute Gasteiger partial charge is 0.321 e. The van der Waals surface area contributed by atoms with E-state index in [2.05, 4.69) is 11.6 Å². The van der Waals surface area contributed by atoms with Gasteiger partial charge in [-0.25, -0.2) is 13.6 Å². The van der Waals surface area contributed by atoms with Gasteiger partial charge in [-0.05, 0) is 85.3 Å². The summed E-state index contributed by atoms with van der Waals surface area (Å²) in [5.41, 5.74) is 0.257. The lowest BCUT2D eigenvalue weighted by Gasteiger charge is -2.38. The third-order valence-corrected chi connectivity index (χ3v) is 8.03. The minimum Gasteiger partial charge on any atom is -0.457 e. The van der Waals surface area contributed by atoms with Crippen molar-refractivity contribution in [3.63, 3.8) is 0 Å². The fraction of sp³-hybridized carbons (Fsp3) is 0.235. The van der Waals surface area contributed by atoms with E-state index < -0.39 is 16.8 Å². The molecule has 4 aromatic rings. The van der Waals surface area contributed by atoms with Crippen molar-refractivity contribution in [1.82, 2.24) is 4.90 Å². The van der Waals surface area contributed by atoms with Crippen molar-refractivity contribution in [3.8, 4) is 23.0 Å². The van der Waals surface area contributed by atoms with E-state index in [1.54, 1.807) is 47.4 Å². The van der Waals surface area contributed by atoms with Gasteiger partial charge in [0.05, 0.1) is 11.0 Å². The van der Waals surface area contributed by atoms with Crippen LogP contribution in [0.15, 0.2) is 91.0 Å². The molecule has 1 aliphatic carbocycles. The van der Waals surface area contributed by atoms with Crippen LogP contribution in [0.5, 0.6) is 23.0 Å². The van der Waals surface area contributed by atoms with E-state index >= 15 is 0 Å². The number of halogens is 2. The number of anilines is 1. The second-order valence-electron chi connectivity index (χ2n) is 11.0. The van der Waals surface area contributed by atoms with Crippen LogP contribution < -0.4 is 14.8 Å². The molecule has 1 saturated heterocycles. The standard InChI is InChI=1S/C34H29F2N2O5/c35-25-5-1-24(2-6-25)34(41)15-17-38(18-16-34)32(40)37-27-19-30(21-31(20-27)43-29-11-7-26(36)8-12-29)42-28-9-3-23(4-10-28)33(22-39)13-14-33/h1-12,19-21,41H,13-18H2,(H,37,40). The average Bonchev–Trinajstić information content (AvgIpc) is 3.81. The molecular formula is C34H29F2N2O5. The Morgan fingerprint density at radius 2 is 1.21 bits per heavy atom. The lowest BCUT2D eigenvalue weighted by molar-refractivity contribution is -0.0157. The molecule has 6 rings (SSSR count). The van der Waals surface area contributed by atoms with E-state index in [-0.39, 0.29) is 11.8 Å². The molecule has 1 aliphatic heterocycles. The van der Waals surface area contributed by atoms with Crippen LogP contribution >= 0.6 is 0 Å². The summed E-state index contributed by atoms with van der Waals surface area (Å²) >= 11 is 0. The largest absolute Gasteiger partial charge is 0.457 e. The van der Waals surface area contributed by atoms with E-state index in [0.29, 0.717) is 60.2 Å². The second kappa shape index (κ2) is 11.5. The summed E-state index contributed by atoms with van der Waals surface area (Å²) in [5, 5.41) is 14.0. The van der Waals surface area contributed by atoms with Crippen LogP contribution in [-0.4, -0.2) is 35.4 Å². The zero-order valence-corrected chi connectivity index (χ0v) is 23.2. The van der Waals surface area contributed by atoms with Crippen molar-refractivity contribution in [2.75, 3.05) is 18.4 Å². The van der Waals surface area contributed by atoms with Gasteiger partial charge in [-0.3, -0.25) is 4.79 Å². The number of carbonyl (C=O) groups excluding carboxylic acids is 2. The quantitative estimate of drug-likeness (QED) is 0.229. The molecule has 0 unspecified atom stereocenters. The van der Waals surface area contributed by atoms with Gasteiger partial charge in [0.15, 0.2) is 0 Å². The van der Waals surface area contributed by atoms with Gasteiger partial charge < -0.3 is 24.8 Å². The predicted molar refractivity (Wildman–Crippen MR) is 156 cm³/mol. The number of nitrogens with one attached hydrogen (secondary N) is 1. The summed E-state index contributed by atoms with van der Waals surface area (Å²) in [6, 6.07) is 23.1. The zero-order chi connectivity index (χ0) is 30.0. The number of hydrogen-bond acceptors (Lipinski definition) is 5. The number of rotatable bonds is 8. The molecule has 0 aromatic heterocycles. The van der Waals surface area contributed by atoms with Gasteiger partial charge in [0.25, 0.3) is 0 Å². The number of carbonyl (C=O) groups is 1. The first-order valence-electron chi connectivity index (χ1n) is 14.0. The number of likely N-dealkylation sites (tertiary alicyclic amines) is 1. The molecule has 1 saturated carbocycles. The summed E-state index contributed by atoms with van der Waals surface area (Å²) < 4.78 is 38.8. The van der Waals surface area contributed by atoms with Crippen LogP contribution in [0.2, 0.25) is 0 Å². The molecule has 7 nitrogen and oxygen atoms in total. The Morgan fingerprint density at radius 3 is 1.72 bits per heavy atom. The molecular weight excluding hydrogens is 554 g/mol. The SMILES string of the molecule is O=[C]C1(c2ccc(Oc3cc(NC(=O)N4CCC(O)(c5ccc(F)cc5)CC4)cc(Oc4ccc(F)cc4)c3)cc2)CC1. The number of hydrogen-bond donors (Lipinski definition) is 2. The number of urea groups is 1. The van der Waals surface area contributed by atoms with Crippen molar-refractivity contribution in [2.24, 2.45) is 0 Å². The third kappa shape index (κ3) is 6.36. The van der Waals surface area contributed by atoms with Crippen molar-refractivity contribution in [1.29, 1.82) is 0 Å². The third-order valence-electron chi connectivity index (χ3n) is 8.03. The summed E-state index contributed by atoms with van der Waals surface area (Å²) in [5.74, 6) is 0.893. The predicted octanol–water partition coefficient (Wildman–Crippen LogP) is 7.21.